The van der Waals surface area contributed by atoms with Crippen molar-refractivity contribution in [3.8, 4) is 5.75 Å². The average Bonchev–Trinajstić information content (AvgIpc) is 2.49. The van der Waals surface area contributed by atoms with E-state index in [9.17, 15) is 0 Å². The van der Waals surface area contributed by atoms with Crippen LogP contribution in [0.3, 0.4) is 0 Å². The van der Waals surface area contributed by atoms with Crippen molar-refractivity contribution in [1.82, 2.24) is 4.98 Å². The Labute approximate surface area is 113 Å². The number of hydrogen-bond donors (Lipinski definition) is 1. The maximum Gasteiger partial charge on any atom is 0.137 e. The molecule has 0 unspecified atom stereocenters. The molecular weight excluding hydrogens is 238 g/mol. The second-order valence-corrected chi connectivity index (χ2v) is 4.19. The first-order chi connectivity index (χ1) is 9.35. The summed E-state index contributed by atoms with van der Waals surface area (Å²) in [6, 6.07) is 14.1. The molecule has 19 heavy (non-hydrogen) atoms. The zero-order chi connectivity index (χ0) is 13.5. The molecule has 1 aromatic carbocycles. The van der Waals surface area contributed by atoms with Crippen LogP contribution in [0.1, 0.15) is 6.42 Å². The summed E-state index contributed by atoms with van der Waals surface area (Å²) in [5, 5.41) is 0. The SMILES string of the molecule is COc1ccc(N(CCCN)c2ccccc2)nc1. The third-order valence-corrected chi connectivity index (χ3v) is 2.89. The molecule has 0 aliphatic rings. The molecule has 2 aromatic rings. The van der Waals surface area contributed by atoms with E-state index in [-0.39, 0.29) is 0 Å². The van der Waals surface area contributed by atoms with Gasteiger partial charge < -0.3 is 15.4 Å². The third kappa shape index (κ3) is 3.45. The molecule has 2 rings (SSSR count). The monoisotopic (exact) mass is 257 g/mol. The van der Waals surface area contributed by atoms with E-state index in [0.717, 1.165) is 30.2 Å². The van der Waals surface area contributed by atoms with Crippen molar-refractivity contribution in [3.63, 3.8) is 0 Å². The van der Waals surface area contributed by atoms with Gasteiger partial charge in [-0.15, -0.1) is 0 Å². The number of benzene rings is 1. The molecule has 0 bridgehead atoms. The van der Waals surface area contributed by atoms with Crippen LogP contribution >= 0.6 is 0 Å². The summed E-state index contributed by atoms with van der Waals surface area (Å²) in [6.45, 7) is 1.51. The lowest BCUT2D eigenvalue weighted by molar-refractivity contribution is 0.413. The highest BCUT2D eigenvalue weighted by atomic mass is 16.5. The number of nitrogens with zero attached hydrogens (tertiary/aromatic N) is 2. The lowest BCUT2D eigenvalue weighted by Gasteiger charge is -2.23. The largest absolute Gasteiger partial charge is 0.495 e. The molecule has 100 valence electrons. The smallest absolute Gasteiger partial charge is 0.137 e. The molecule has 0 atom stereocenters. The summed E-state index contributed by atoms with van der Waals surface area (Å²) >= 11 is 0. The van der Waals surface area contributed by atoms with Crippen molar-refractivity contribution >= 4 is 11.5 Å². The van der Waals surface area contributed by atoms with Gasteiger partial charge >= 0.3 is 0 Å². The molecule has 4 heteroatoms. The van der Waals surface area contributed by atoms with E-state index in [1.54, 1.807) is 13.3 Å². The number of rotatable bonds is 6. The van der Waals surface area contributed by atoms with Gasteiger partial charge in [-0.2, -0.15) is 0 Å². The molecule has 0 saturated heterocycles. The van der Waals surface area contributed by atoms with Crippen molar-refractivity contribution in [2.75, 3.05) is 25.1 Å². The lowest BCUT2D eigenvalue weighted by atomic mass is 10.2. The van der Waals surface area contributed by atoms with Crippen LogP contribution in [0.4, 0.5) is 11.5 Å². The minimum Gasteiger partial charge on any atom is -0.495 e. The molecule has 1 aromatic heterocycles. The molecule has 0 fully saturated rings. The van der Waals surface area contributed by atoms with Gasteiger partial charge in [0.25, 0.3) is 0 Å². The first-order valence-corrected chi connectivity index (χ1v) is 6.38. The Morgan fingerprint density at radius 2 is 1.95 bits per heavy atom. The van der Waals surface area contributed by atoms with E-state index in [2.05, 4.69) is 22.0 Å². The molecule has 0 saturated carbocycles. The summed E-state index contributed by atoms with van der Waals surface area (Å²) in [7, 11) is 1.64. The number of para-hydroxylation sites is 1. The summed E-state index contributed by atoms with van der Waals surface area (Å²) in [6.07, 6.45) is 2.65. The summed E-state index contributed by atoms with van der Waals surface area (Å²) < 4.78 is 5.13. The van der Waals surface area contributed by atoms with Gasteiger partial charge in [0, 0.05) is 12.2 Å². The van der Waals surface area contributed by atoms with Gasteiger partial charge in [0.1, 0.15) is 11.6 Å². The van der Waals surface area contributed by atoms with Crippen molar-refractivity contribution in [1.29, 1.82) is 0 Å². The predicted molar refractivity (Wildman–Crippen MR) is 77.9 cm³/mol. The third-order valence-electron chi connectivity index (χ3n) is 2.89. The van der Waals surface area contributed by atoms with Crippen LogP contribution in [0.5, 0.6) is 5.75 Å². The van der Waals surface area contributed by atoms with E-state index in [0.29, 0.717) is 6.54 Å². The maximum absolute atomic E-state index is 5.61. The molecule has 0 radical (unpaired) electrons. The zero-order valence-electron chi connectivity index (χ0n) is 11.1. The van der Waals surface area contributed by atoms with Crippen molar-refractivity contribution in [2.24, 2.45) is 5.73 Å². The fourth-order valence-corrected chi connectivity index (χ4v) is 1.89. The summed E-state index contributed by atoms with van der Waals surface area (Å²) in [5.74, 6) is 1.66. The van der Waals surface area contributed by atoms with E-state index >= 15 is 0 Å². The van der Waals surface area contributed by atoms with E-state index in [1.165, 1.54) is 0 Å². The van der Waals surface area contributed by atoms with E-state index < -0.39 is 0 Å². The predicted octanol–water partition coefficient (Wildman–Crippen LogP) is 2.58. The number of nitrogens with two attached hydrogens (primary N) is 1. The topological polar surface area (TPSA) is 51.4 Å². The number of pyridine rings is 1. The van der Waals surface area contributed by atoms with Crippen molar-refractivity contribution in [3.05, 3.63) is 48.7 Å². The van der Waals surface area contributed by atoms with Crippen LogP contribution in [-0.4, -0.2) is 25.2 Å². The molecule has 0 aliphatic heterocycles. The minimum absolute atomic E-state index is 0.666. The first-order valence-electron chi connectivity index (χ1n) is 6.38. The Hall–Kier alpha value is -2.07. The molecule has 2 N–H and O–H groups in total. The Kier molecular flexibility index (Phi) is 4.75. The highest BCUT2D eigenvalue weighted by Gasteiger charge is 2.09. The van der Waals surface area contributed by atoms with Crippen LogP contribution in [0, 0.1) is 0 Å². The maximum atomic E-state index is 5.61. The number of anilines is 2. The molecule has 0 aliphatic carbocycles. The van der Waals surface area contributed by atoms with Gasteiger partial charge in [-0.05, 0) is 37.2 Å². The summed E-state index contributed by atoms with van der Waals surface area (Å²) in [5.41, 5.74) is 6.73. The first kappa shape index (κ1) is 13.4. The highest BCUT2D eigenvalue weighted by molar-refractivity contribution is 5.59. The number of aromatic nitrogens is 1. The fraction of sp³-hybridized carbons (Fsp3) is 0.267. The molecule has 0 amide bonds. The van der Waals surface area contributed by atoms with Crippen LogP contribution in [0.15, 0.2) is 48.7 Å². The summed E-state index contributed by atoms with van der Waals surface area (Å²) in [4.78, 5) is 6.60. The lowest BCUT2D eigenvalue weighted by Crippen LogP contribution is -2.21. The molecule has 4 nitrogen and oxygen atoms in total. The van der Waals surface area contributed by atoms with Gasteiger partial charge in [-0.25, -0.2) is 4.98 Å². The normalized spacial score (nSPS) is 10.2. The standard InChI is InChI=1S/C15H19N3O/c1-19-14-8-9-15(17-12-14)18(11-5-10-16)13-6-3-2-4-7-13/h2-4,6-9,12H,5,10-11,16H2,1H3. The zero-order valence-corrected chi connectivity index (χ0v) is 11.1. The van der Waals surface area contributed by atoms with Crippen LogP contribution in [0.25, 0.3) is 0 Å². The second kappa shape index (κ2) is 6.75. The van der Waals surface area contributed by atoms with Crippen LogP contribution < -0.4 is 15.4 Å². The molecular formula is C15H19N3O. The fourth-order valence-electron chi connectivity index (χ4n) is 1.89. The van der Waals surface area contributed by atoms with Crippen LogP contribution in [0.2, 0.25) is 0 Å². The van der Waals surface area contributed by atoms with Gasteiger partial charge in [0.15, 0.2) is 0 Å². The Morgan fingerprint density at radius 3 is 2.53 bits per heavy atom. The van der Waals surface area contributed by atoms with Crippen LogP contribution in [-0.2, 0) is 0 Å². The Bertz CT molecular complexity index is 485. The van der Waals surface area contributed by atoms with Gasteiger partial charge in [-0.3, -0.25) is 0 Å². The Balaban J connectivity index is 2.26. The average molecular weight is 257 g/mol. The second-order valence-electron chi connectivity index (χ2n) is 4.19. The quantitative estimate of drug-likeness (QED) is 0.864. The number of methoxy groups -OCH3 is 1. The molecule has 1 heterocycles. The van der Waals surface area contributed by atoms with E-state index in [4.69, 9.17) is 10.5 Å². The van der Waals surface area contributed by atoms with Gasteiger partial charge in [0.2, 0.25) is 0 Å². The van der Waals surface area contributed by atoms with Crippen molar-refractivity contribution in [2.45, 2.75) is 6.42 Å². The number of hydrogen-bond acceptors (Lipinski definition) is 4. The highest BCUT2D eigenvalue weighted by Crippen LogP contribution is 2.24. The Morgan fingerprint density at radius 1 is 1.16 bits per heavy atom. The minimum atomic E-state index is 0.666. The molecule has 0 spiro atoms. The van der Waals surface area contributed by atoms with Crippen molar-refractivity contribution < 1.29 is 4.74 Å². The van der Waals surface area contributed by atoms with Gasteiger partial charge in [0.05, 0.1) is 13.3 Å². The van der Waals surface area contributed by atoms with Gasteiger partial charge in [-0.1, -0.05) is 18.2 Å². The van der Waals surface area contributed by atoms with E-state index in [1.807, 2.05) is 30.3 Å². The number of ether oxygens (including phenoxy) is 1.